The van der Waals surface area contributed by atoms with Crippen LogP contribution in [-0.2, 0) is 30.4 Å². The summed E-state index contributed by atoms with van der Waals surface area (Å²) >= 11 is 0. The fourth-order valence-electron chi connectivity index (χ4n) is 3.77. The minimum atomic E-state index is -1.22. The first kappa shape index (κ1) is 30.6. The molecule has 0 saturated heterocycles. The average molecular weight is 545 g/mol. The second-order valence-corrected chi connectivity index (χ2v) is 9.09. The van der Waals surface area contributed by atoms with Crippen LogP contribution in [0.4, 0.5) is 0 Å². The van der Waals surface area contributed by atoms with Crippen molar-refractivity contribution in [1.29, 1.82) is 0 Å². The van der Waals surface area contributed by atoms with Crippen LogP contribution in [0.15, 0.2) is 35.5 Å². The Morgan fingerprint density at radius 1 is 0.974 bits per heavy atom. The van der Waals surface area contributed by atoms with Crippen molar-refractivity contribution >= 4 is 46.5 Å². The molecule has 0 aliphatic heterocycles. The molecule has 212 valence electrons. The SMILES string of the molecule is C[C@H](NC(=O)CNC(=O)C(CCCN=C(N)N)NC(=O)[C@@H](C)Cc1c[nH]c2ccccc12)C(=O)NCC(=O)O. The summed E-state index contributed by atoms with van der Waals surface area (Å²) in [6, 6.07) is 5.77. The lowest BCUT2D eigenvalue weighted by Crippen LogP contribution is -2.52. The van der Waals surface area contributed by atoms with E-state index in [1.165, 1.54) is 6.92 Å². The summed E-state index contributed by atoms with van der Waals surface area (Å²) in [4.78, 5) is 67.6. The number of hydrogen-bond acceptors (Lipinski definition) is 6. The third kappa shape index (κ3) is 10.3. The highest BCUT2D eigenvalue weighted by molar-refractivity contribution is 5.93. The Hall–Kier alpha value is -4.62. The van der Waals surface area contributed by atoms with Crippen molar-refractivity contribution in [3.8, 4) is 0 Å². The Kier molecular flexibility index (Phi) is 11.7. The van der Waals surface area contributed by atoms with Gasteiger partial charge in [0, 0.05) is 29.6 Å². The van der Waals surface area contributed by atoms with Gasteiger partial charge in [-0.15, -0.1) is 0 Å². The lowest BCUT2D eigenvalue weighted by atomic mass is 9.99. The fourth-order valence-corrected chi connectivity index (χ4v) is 3.77. The van der Waals surface area contributed by atoms with Crippen molar-refractivity contribution in [1.82, 2.24) is 26.3 Å². The third-order valence-electron chi connectivity index (χ3n) is 5.83. The second kappa shape index (κ2) is 15.0. The van der Waals surface area contributed by atoms with Gasteiger partial charge in [0.05, 0.1) is 6.54 Å². The monoisotopic (exact) mass is 544 g/mol. The average Bonchev–Trinajstić information content (AvgIpc) is 3.29. The van der Waals surface area contributed by atoms with Crippen LogP contribution in [0.2, 0.25) is 0 Å². The Balaban J connectivity index is 1.96. The van der Waals surface area contributed by atoms with E-state index in [1.54, 1.807) is 6.92 Å². The predicted molar refractivity (Wildman–Crippen MR) is 144 cm³/mol. The van der Waals surface area contributed by atoms with Gasteiger partial charge in [-0.2, -0.15) is 0 Å². The summed E-state index contributed by atoms with van der Waals surface area (Å²) in [5.41, 5.74) is 12.6. The number of aliphatic carboxylic acids is 1. The van der Waals surface area contributed by atoms with Crippen molar-refractivity contribution in [3.63, 3.8) is 0 Å². The largest absolute Gasteiger partial charge is 0.480 e. The molecule has 14 heteroatoms. The molecule has 0 fully saturated rings. The van der Waals surface area contributed by atoms with Crippen molar-refractivity contribution in [2.24, 2.45) is 22.4 Å². The zero-order chi connectivity index (χ0) is 28.9. The summed E-state index contributed by atoms with van der Waals surface area (Å²) in [6.07, 6.45) is 2.90. The first-order chi connectivity index (χ1) is 18.5. The Morgan fingerprint density at radius 3 is 2.36 bits per heavy atom. The molecule has 0 radical (unpaired) electrons. The molecule has 2 aromatic rings. The van der Waals surface area contributed by atoms with Crippen LogP contribution in [0.5, 0.6) is 0 Å². The molecule has 0 aliphatic rings. The Labute approximate surface area is 225 Å². The van der Waals surface area contributed by atoms with Crippen LogP contribution in [0.25, 0.3) is 10.9 Å². The number of rotatable bonds is 15. The molecule has 14 nitrogen and oxygen atoms in total. The molecular formula is C25H36N8O6. The van der Waals surface area contributed by atoms with E-state index in [9.17, 15) is 24.0 Å². The van der Waals surface area contributed by atoms with Crippen LogP contribution in [0.3, 0.4) is 0 Å². The van der Waals surface area contributed by atoms with Gasteiger partial charge in [-0.05, 0) is 37.8 Å². The number of nitrogens with zero attached hydrogens (tertiary/aromatic N) is 1. The number of H-pyrrole nitrogens is 1. The van der Waals surface area contributed by atoms with Crippen LogP contribution in [0.1, 0.15) is 32.3 Å². The third-order valence-corrected chi connectivity index (χ3v) is 5.83. The van der Waals surface area contributed by atoms with Crippen LogP contribution in [0, 0.1) is 5.92 Å². The number of guanidine groups is 1. The van der Waals surface area contributed by atoms with E-state index in [0.717, 1.165) is 16.5 Å². The number of para-hydroxylation sites is 1. The number of hydrogen-bond donors (Lipinski definition) is 8. The number of nitrogens with one attached hydrogen (secondary N) is 5. The smallest absolute Gasteiger partial charge is 0.322 e. The second-order valence-electron chi connectivity index (χ2n) is 9.09. The van der Waals surface area contributed by atoms with Gasteiger partial charge in [0.15, 0.2) is 5.96 Å². The van der Waals surface area contributed by atoms with Gasteiger partial charge >= 0.3 is 5.97 Å². The summed E-state index contributed by atoms with van der Waals surface area (Å²) in [7, 11) is 0. The van der Waals surface area contributed by atoms with Crippen LogP contribution < -0.4 is 32.7 Å². The molecule has 10 N–H and O–H groups in total. The van der Waals surface area contributed by atoms with Gasteiger partial charge in [0.25, 0.3) is 0 Å². The highest BCUT2D eigenvalue weighted by atomic mass is 16.4. The molecule has 0 spiro atoms. The molecule has 0 bridgehead atoms. The summed E-state index contributed by atoms with van der Waals surface area (Å²) in [5.74, 6) is -4.05. The van der Waals surface area contributed by atoms with Crippen LogP contribution in [-0.4, -0.2) is 77.4 Å². The molecule has 1 heterocycles. The number of carbonyl (C=O) groups is 5. The van der Waals surface area contributed by atoms with Crippen molar-refractivity contribution in [2.45, 2.75) is 45.2 Å². The van der Waals surface area contributed by atoms with E-state index in [2.05, 4.69) is 31.2 Å². The zero-order valence-corrected chi connectivity index (χ0v) is 22.0. The van der Waals surface area contributed by atoms with Gasteiger partial charge in [-0.3, -0.25) is 29.0 Å². The summed E-state index contributed by atoms with van der Waals surface area (Å²) < 4.78 is 0. The molecule has 0 saturated carbocycles. The number of fused-ring (bicyclic) bond motifs is 1. The zero-order valence-electron chi connectivity index (χ0n) is 22.0. The van der Waals surface area contributed by atoms with E-state index in [4.69, 9.17) is 16.6 Å². The number of benzene rings is 1. The fraction of sp³-hybridized carbons (Fsp3) is 0.440. The quantitative estimate of drug-likeness (QED) is 0.0761. The first-order valence-corrected chi connectivity index (χ1v) is 12.4. The number of carboxylic acid groups (broad SMARTS) is 1. The normalized spacial score (nSPS) is 13.0. The lowest BCUT2D eigenvalue weighted by Gasteiger charge is -2.21. The van der Waals surface area contributed by atoms with Crippen molar-refractivity contribution in [3.05, 3.63) is 36.0 Å². The molecule has 1 aromatic heterocycles. The lowest BCUT2D eigenvalue weighted by molar-refractivity contribution is -0.138. The minimum Gasteiger partial charge on any atom is -0.480 e. The number of carbonyl (C=O) groups excluding carboxylic acids is 4. The maximum atomic E-state index is 13.0. The predicted octanol–water partition coefficient (Wildman–Crippen LogP) is -1.29. The number of amides is 4. The van der Waals surface area contributed by atoms with Crippen molar-refractivity contribution in [2.75, 3.05) is 19.6 Å². The maximum absolute atomic E-state index is 13.0. The first-order valence-electron chi connectivity index (χ1n) is 12.4. The number of nitrogens with two attached hydrogens (primary N) is 2. The van der Waals surface area contributed by atoms with Gasteiger partial charge in [0.2, 0.25) is 23.6 Å². The molecule has 39 heavy (non-hydrogen) atoms. The Morgan fingerprint density at radius 2 is 1.67 bits per heavy atom. The summed E-state index contributed by atoms with van der Waals surface area (Å²) in [6.45, 7) is 2.33. The molecule has 0 aliphatic carbocycles. The van der Waals surface area contributed by atoms with Crippen LogP contribution >= 0.6 is 0 Å². The highest BCUT2D eigenvalue weighted by Crippen LogP contribution is 2.21. The van der Waals surface area contributed by atoms with E-state index < -0.39 is 54.8 Å². The molecule has 3 atom stereocenters. The molecule has 4 amide bonds. The van der Waals surface area contributed by atoms with E-state index in [0.29, 0.717) is 12.8 Å². The molecule has 1 aromatic carbocycles. The van der Waals surface area contributed by atoms with E-state index in [1.807, 2.05) is 30.5 Å². The molecule has 1 unspecified atom stereocenters. The molecular weight excluding hydrogens is 508 g/mol. The summed E-state index contributed by atoms with van der Waals surface area (Å²) in [5, 5.41) is 19.4. The topological polar surface area (TPSA) is 234 Å². The van der Waals surface area contributed by atoms with Gasteiger partial charge < -0.3 is 42.8 Å². The number of aromatic amines is 1. The standard InChI is InChI=1S/C25H36N8O6/c1-14(10-16-11-29-18-7-4-3-6-17(16)18)22(37)33-19(8-5-9-28-25(26)27)24(39)30-12-20(34)32-15(2)23(38)31-13-21(35)36/h3-4,6-7,11,14-15,19,29H,5,8-10,12-13H2,1-2H3,(H,30,39)(H,31,38)(H,32,34)(H,33,37)(H,35,36)(H4,26,27,28)/t14-,15-,19?/m0/s1. The van der Waals surface area contributed by atoms with Gasteiger partial charge in [-0.25, -0.2) is 0 Å². The van der Waals surface area contributed by atoms with Gasteiger partial charge in [0.1, 0.15) is 18.6 Å². The number of carboxylic acids is 1. The highest BCUT2D eigenvalue weighted by Gasteiger charge is 2.25. The maximum Gasteiger partial charge on any atom is 0.322 e. The van der Waals surface area contributed by atoms with E-state index >= 15 is 0 Å². The van der Waals surface area contributed by atoms with Gasteiger partial charge in [-0.1, -0.05) is 25.1 Å². The molecule has 2 rings (SSSR count). The number of aromatic nitrogens is 1. The number of aliphatic imine (C=N–C) groups is 1. The minimum absolute atomic E-state index is 0.0921. The van der Waals surface area contributed by atoms with Crippen molar-refractivity contribution < 1.29 is 29.1 Å². The van der Waals surface area contributed by atoms with E-state index in [-0.39, 0.29) is 24.8 Å². The Bertz CT molecular complexity index is 1210.